The molecule has 53 heavy (non-hydrogen) atoms. The van der Waals surface area contributed by atoms with Crippen LogP contribution in [-0.2, 0) is 0 Å². The Hall–Kier alpha value is -6.43. The minimum absolute atomic E-state index is 0.0368. The topological polar surface area (TPSA) is 23.4 Å². The SMILES string of the molecule is c1ccc(S(c2ccccc2)(c2ccccc2)c2ccc3c(c2)c2ccccc2n3-c2cc3c4c(c2)Oc2ccccc2B4c2ccccc2O3)cc1. The highest BCUT2D eigenvalue weighted by Gasteiger charge is 2.40. The molecule has 0 atom stereocenters. The van der Waals surface area contributed by atoms with Crippen molar-refractivity contribution in [2.45, 2.75) is 19.6 Å². The smallest absolute Gasteiger partial charge is 0.260 e. The van der Waals surface area contributed by atoms with E-state index in [0.29, 0.717) is 0 Å². The third-order valence-corrected chi connectivity index (χ3v) is 14.7. The second kappa shape index (κ2) is 11.8. The fourth-order valence-corrected chi connectivity index (χ4v) is 12.5. The van der Waals surface area contributed by atoms with Crippen LogP contribution in [0.4, 0.5) is 0 Å². The van der Waals surface area contributed by atoms with Crippen molar-refractivity contribution in [2.75, 3.05) is 0 Å². The number of hydrogen-bond acceptors (Lipinski definition) is 2. The second-order valence-electron chi connectivity index (χ2n) is 13.7. The third-order valence-electron chi connectivity index (χ3n) is 10.8. The molecular weight excluding hydrogens is 665 g/mol. The zero-order valence-corrected chi connectivity index (χ0v) is 29.5. The first-order chi connectivity index (χ1) is 26.3. The zero-order chi connectivity index (χ0) is 34.9. The van der Waals surface area contributed by atoms with Gasteiger partial charge < -0.3 is 14.0 Å². The summed E-state index contributed by atoms with van der Waals surface area (Å²) in [7, 11) is -1.85. The summed E-state index contributed by atoms with van der Waals surface area (Å²) in [5, 5.41) is 2.41. The van der Waals surface area contributed by atoms with Crippen molar-refractivity contribution in [3.8, 4) is 28.7 Å². The van der Waals surface area contributed by atoms with Crippen LogP contribution in [0.2, 0.25) is 0 Å². The number of hydrogen-bond donors (Lipinski definition) is 0. The highest BCUT2D eigenvalue weighted by atomic mass is 32.3. The molecule has 11 rings (SSSR count). The van der Waals surface area contributed by atoms with E-state index in [2.05, 4.69) is 187 Å². The number of ether oxygens (including phenoxy) is 2. The fourth-order valence-electron chi connectivity index (χ4n) is 8.62. The standard InChI is InChI=1S/C48H32BNO2S/c1-4-16-34(17-5-1)53(35-18-6-2-7-19-35,36-20-8-3-9-21-36)37-28-29-43-39(32-37)38-22-10-13-25-42(38)50(43)33-30-46-48-47(31-33)52-45-27-15-12-24-41(45)49(48)40-23-11-14-26-44(40)51-46/h1-32H. The minimum atomic E-state index is -1.85. The van der Waals surface area contributed by atoms with E-state index in [1.165, 1.54) is 30.4 Å². The number of benzene rings is 8. The summed E-state index contributed by atoms with van der Waals surface area (Å²) in [6.45, 7) is 0.0368. The quantitative estimate of drug-likeness (QED) is 0.167. The van der Waals surface area contributed by atoms with Crippen LogP contribution in [0.3, 0.4) is 0 Å². The number of rotatable bonds is 5. The lowest BCUT2D eigenvalue weighted by Crippen LogP contribution is -2.57. The van der Waals surface area contributed by atoms with Crippen molar-refractivity contribution in [3.05, 3.63) is 194 Å². The van der Waals surface area contributed by atoms with Gasteiger partial charge in [0.05, 0.1) is 16.7 Å². The van der Waals surface area contributed by atoms with Crippen molar-refractivity contribution in [3.63, 3.8) is 0 Å². The van der Waals surface area contributed by atoms with Gasteiger partial charge in [0.2, 0.25) is 0 Å². The van der Waals surface area contributed by atoms with Crippen LogP contribution >= 0.6 is 10.0 Å². The van der Waals surface area contributed by atoms with Gasteiger partial charge in [-0.15, -0.1) is 10.0 Å². The van der Waals surface area contributed by atoms with Crippen molar-refractivity contribution >= 4 is 54.9 Å². The summed E-state index contributed by atoms with van der Waals surface area (Å²) in [6, 6.07) is 70.2. The lowest BCUT2D eigenvalue weighted by atomic mass is 9.35. The maximum absolute atomic E-state index is 6.72. The van der Waals surface area contributed by atoms with E-state index in [4.69, 9.17) is 9.47 Å². The summed E-state index contributed by atoms with van der Waals surface area (Å²) in [5.41, 5.74) is 6.67. The zero-order valence-electron chi connectivity index (χ0n) is 28.7. The monoisotopic (exact) mass is 697 g/mol. The Balaban J connectivity index is 1.17. The fraction of sp³-hybridized carbons (Fsp3) is 0. The molecular formula is C48H32BNO2S. The van der Waals surface area contributed by atoms with Crippen LogP contribution in [0.5, 0.6) is 23.0 Å². The molecule has 250 valence electrons. The normalized spacial score (nSPS) is 13.1. The number of para-hydroxylation sites is 3. The van der Waals surface area contributed by atoms with Gasteiger partial charge in [-0.25, -0.2) is 0 Å². The third kappa shape index (κ3) is 4.44. The van der Waals surface area contributed by atoms with Crippen molar-refractivity contribution in [1.82, 2.24) is 4.57 Å². The molecule has 0 fully saturated rings. The van der Waals surface area contributed by atoms with E-state index in [-0.39, 0.29) is 6.71 Å². The van der Waals surface area contributed by atoms with Crippen LogP contribution in [0.25, 0.3) is 27.5 Å². The van der Waals surface area contributed by atoms with E-state index in [1.54, 1.807) is 0 Å². The molecule has 9 aromatic rings. The minimum Gasteiger partial charge on any atom is -0.458 e. The van der Waals surface area contributed by atoms with Crippen LogP contribution in [0, 0.1) is 0 Å². The molecule has 3 nitrogen and oxygen atoms in total. The lowest BCUT2D eigenvalue weighted by Gasteiger charge is -2.42. The highest BCUT2D eigenvalue weighted by molar-refractivity contribution is 8.34. The van der Waals surface area contributed by atoms with Gasteiger partial charge in [-0.2, -0.15) is 0 Å². The maximum atomic E-state index is 6.72. The van der Waals surface area contributed by atoms with Gasteiger partial charge in [0.1, 0.15) is 23.0 Å². The molecule has 8 aromatic carbocycles. The van der Waals surface area contributed by atoms with Crippen molar-refractivity contribution in [1.29, 1.82) is 0 Å². The first-order valence-electron chi connectivity index (χ1n) is 18.0. The Morgan fingerprint density at radius 2 is 0.849 bits per heavy atom. The molecule has 0 saturated heterocycles. The molecule has 1 aromatic heterocycles. The van der Waals surface area contributed by atoms with Crippen molar-refractivity contribution in [2.24, 2.45) is 0 Å². The molecule has 0 spiro atoms. The van der Waals surface area contributed by atoms with Gasteiger partial charge in [0, 0.05) is 47.9 Å². The van der Waals surface area contributed by atoms with E-state index in [1.807, 2.05) is 12.1 Å². The largest absolute Gasteiger partial charge is 0.458 e. The molecule has 0 amide bonds. The molecule has 0 aliphatic carbocycles. The molecule has 0 unspecified atom stereocenters. The Morgan fingerprint density at radius 1 is 0.377 bits per heavy atom. The summed E-state index contributed by atoms with van der Waals surface area (Å²) < 4.78 is 15.8. The molecule has 5 heteroatoms. The molecule has 0 N–H and O–H groups in total. The maximum Gasteiger partial charge on any atom is 0.260 e. The van der Waals surface area contributed by atoms with E-state index in [9.17, 15) is 0 Å². The van der Waals surface area contributed by atoms with Gasteiger partial charge in [0.25, 0.3) is 6.71 Å². The molecule has 0 bridgehead atoms. The first kappa shape index (κ1) is 30.2. The van der Waals surface area contributed by atoms with Crippen LogP contribution in [-0.4, -0.2) is 11.3 Å². The molecule has 0 saturated carbocycles. The summed E-state index contributed by atoms with van der Waals surface area (Å²) >= 11 is 0. The predicted molar refractivity (Wildman–Crippen MR) is 218 cm³/mol. The Labute approximate surface area is 310 Å². The number of fused-ring (bicyclic) bond motifs is 7. The Kier molecular flexibility index (Phi) is 6.73. The first-order valence-corrected chi connectivity index (χ1v) is 19.7. The number of aromatic nitrogens is 1. The molecule has 2 aliphatic heterocycles. The second-order valence-corrected chi connectivity index (χ2v) is 16.8. The van der Waals surface area contributed by atoms with E-state index >= 15 is 0 Å². The summed E-state index contributed by atoms with van der Waals surface area (Å²) in [4.78, 5) is 5.20. The average Bonchev–Trinajstić information content (AvgIpc) is 3.56. The van der Waals surface area contributed by atoms with E-state index < -0.39 is 10.0 Å². The van der Waals surface area contributed by atoms with Crippen molar-refractivity contribution < 1.29 is 9.47 Å². The number of nitrogens with zero attached hydrogens (tertiary/aromatic N) is 1. The summed E-state index contributed by atoms with van der Waals surface area (Å²) in [5.74, 6) is 3.44. The van der Waals surface area contributed by atoms with E-state index in [0.717, 1.165) is 56.1 Å². The molecule has 3 heterocycles. The Bertz CT molecular complexity index is 2690. The Morgan fingerprint density at radius 3 is 1.42 bits per heavy atom. The molecule has 0 radical (unpaired) electrons. The van der Waals surface area contributed by atoms with Crippen LogP contribution < -0.4 is 25.9 Å². The summed E-state index contributed by atoms with van der Waals surface area (Å²) in [6.07, 6.45) is 0. The van der Waals surface area contributed by atoms with Gasteiger partial charge >= 0.3 is 0 Å². The van der Waals surface area contributed by atoms with Gasteiger partial charge in [-0.3, -0.25) is 0 Å². The van der Waals surface area contributed by atoms with Crippen LogP contribution in [0.15, 0.2) is 214 Å². The highest BCUT2D eigenvalue weighted by Crippen LogP contribution is 2.73. The average molecular weight is 698 g/mol. The van der Waals surface area contributed by atoms with Gasteiger partial charge in [0.15, 0.2) is 0 Å². The lowest BCUT2D eigenvalue weighted by molar-refractivity contribution is 0.464. The van der Waals surface area contributed by atoms with Crippen LogP contribution in [0.1, 0.15) is 0 Å². The molecule has 2 aliphatic rings. The van der Waals surface area contributed by atoms with Gasteiger partial charge in [-0.05, 0) is 83.7 Å². The van der Waals surface area contributed by atoms with Gasteiger partial charge in [-0.1, -0.05) is 109 Å². The predicted octanol–water partition coefficient (Wildman–Crippen LogP) is 10.9.